The fraction of sp³-hybridized carbons (Fsp3) is 0.316. The van der Waals surface area contributed by atoms with E-state index >= 15 is 0 Å². The van der Waals surface area contributed by atoms with E-state index in [1.165, 1.54) is 18.2 Å². The van der Waals surface area contributed by atoms with Gasteiger partial charge in [0.2, 0.25) is 11.8 Å². The number of hydroxylamine groups is 2. The summed E-state index contributed by atoms with van der Waals surface area (Å²) in [4.78, 5) is 89.5. The Labute approximate surface area is 174 Å². The van der Waals surface area contributed by atoms with Crippen molar-refractivity contribution < 1.29 is 43.1 Å². The predicted molar refractivity (Wildman–Crippen MR) is 95.8 cm³/mol. The Morgan fingerprint density at radius 3 is 2.39 bits per heavy atom. The summed E-state index contributed by atoms with van der Waals surface area (Å²) in [6, 6.07) is 2.99. The summed E-state index contributed by atoms with van der Waals surface area (Å²) >= 11 is 0. The van der Waals surface area contributed by atoms with E-state index in [-0.39, 0.29) is 42.6 Å². The van der Waals surface area contributed by atoms with Gasteiger partial charge in [0.05, 0.1) is 11.1 Å². The van der Waals surface area contributed by atoms with Crippen molar-refractivity contribution >= 4 is 41.4 Å². The Hall–Kier alpha value is -4.09. The van der Waals surface area contributed by atoms with Gasteiger partial charge in [-0.25, -0.2) is 4.79 Å². The molecular formula is C19H15N3O9. The summed E-state index contributed by atoms with van der Waals surface area (Å²) in [5.41, 5.74) is -0.163. The largest absolute Gasteiger partial charge is 0.481 e. The second-order valence-corrected chi connectivity index (χ2v) is 6.96. The van der Waals surface area contributed by atoms with Crippen LogP contribution in [0.2, 0.25) is 0 Å². The van der Waals surface area contributed by atoms with Crippen LogP contribution in [0, 0.1) is 0 Å². The maximum absolute atomic E-state index is 12.9. The number of carbonyl (C=O) groups is 7. The number of ether oxygens (including phenoxy) is 1. The van der Waals surface area contributed by atoms with Crippen LogP contribution < -0.4 is 10.1 Å². The van der Waals surface area contributed by atoms with Crippen molar-refractivity contribution in [3.63, 3.8) is 0 Å². The average molecular weight is 429 g/mol. The maximum atomic E-state index is 12.9. The standard InChI is InChI=1S/C19H15N3O9/c23-12-5-4-10(17(27)20-12)21-18(28)9-2-1-3-11(16(9)19(21)29)30-8-15(26)31-22-13(24)6-7-14(22)25/h1-3,10H,4-8H2,(H,20,23,27). The molecule has 31 heavy (non-hydrogen) atoms. The highest BCUT2D eigenvalue weighted by Crippen LogP contribution is 2.33. The third kappa shape index (κ3) is 3.52. The van der Waals surface area contributed by atoms with Crippen LogP contribution in [0.5, 0.6) is 5.75 Å². The molecule has 1 atom stereocenters. The molecule has 1 unspecified atom stereocenters. The molecule has 2 fully saturated rings. The summed E-state index contributed by atoms with van der Waals surface area (Å²) in [6.07, 6.45) is -0.151. The molecule has 4 rings (SSSR count). The molecule has 12 heteroatoms. The third-order valence-corrected chi connectivity index (χ3v) is 4.97. The molecule has 2 saturated heterocycles. The first-order chi connectivity index (χ1) is 14.8. The first-order valence-corrected chi connectivity index (χ1v) is 9.32. The summed E-state index contributed by atoms with van der Waals surface area (Å²) in [5, 5.41) is 2.46. The summed E-state index contributed by atoms with van der Waals surface area (Å²) < 4.78 is 5.31. The molecule has 3 aliphatic heterocycles. The average Bonchev–Trinajstić information content (AvgIpc) is 3.18. The minimum atomic E-state index is -1.14. The van der Waals surface area contributed by atoms with Crippen LogP contribution in [0.4, 0.5) is 0 Å². The number of piperidine rings is 1. The molecule has 6 amide bonds. The summed E-state index contributed by atoms with van der Waals surface area (Å²) in [7, 11) is 0. The van der Waals surface area contributed by atoms with E-state index in [1.54, 1.807) is 0 Å². The number of benzene rings is 1. The summed E-state index contributed by atoms with van der Waals surface area (Å²) in [5.74, 6) is -5.24. The molecule has 0 radical (unpaired) electrons. The lowest BCUT2D eigenvalue weighted by Crippen LogP contribution is -2.54. The van der Waals surface area contributed by atoms with Gasteiger partial charge in [0.25, 0.3) is 23.6 Å². The van der Waals surface area contributed by atoms with E-state index in [4.69, 9.17) is 4.74 Å². The molecule has 0 aromatic heterocycles. The number of nitrogens with one attached hydrogen (secondary N) is 1. The third-order valence-electron chi connectivity index (χ3n) is 4.97. The Morgan fingerprint density at radius 2 is 1.71 bits per heavy atom. The van der Waals surface area contributed by atoms with Crippen LogP contribution >= 0.6 is 0 Å². The van der Waals surface area contributed by atoms with Crippen molar-refractivity contribution in [2.45, 2.75) is 31.7 Å². The normalized spacial score (nSPS) is 20.8. The van der Waals surface area contributed by atoms with Gasteiger partial charge >= 0.3 is 5.97 Å². The number of fused-ring (bicyclic) bond motifs is 1. The zero-order valence-corrected chi connectivity index (χ0v) is 15.9. The number of nitrogens with zero attached hydrogens (tertiary/aromatic N) is 2. The van der Waals surface area contributed by atoms with Crippen LogP contribution in [0.3, 0.4) is 0 Å². The molecule has 160 valence electrons. The Kier molecular flexibility index (Phi) is 4.97. The maximum Gasteiger partial charge on any atom is 0.370 e. The lowest BCUT2D eigenvalue weighted by atomic mass is 10.0. The van der Waals surface area contributed by atoms with Gasteiger partial charge in [0.15, 0.2) is 6.61 Å². The molecule has 0 aliphatic carbocycles. The van der Waals surface area contributed by atoms with E-state index in [1.807, 2.05) is 0 Å². The number of carbonyl (C=O) groups excluding carboxylic acids is 7. The lowest BCUT2D eigenvalue weighted by Gasteiger charge is -2.27. The van der Waals surface area contributed by atoms with E-state index in [0.717, 1.165) is 4.90 Å². The zero-order chi connectivity index (χ0) is 22.3. The molecular weight excluding hydrogens is 414 g/mol. The van der Waals surface area contributed by atoms with E-state index in [9.17, 15) is 33.6 Å². The van der Waals surface area contributed by atoms with Gasteiger partial charge in [0, 0.05) is 19.3 Å². The fourth-order valence-electron chi connectivity index (χ4n) is 3.53. The van der Waals surface area contributed by atoms with Gasteiger partial charge in [-0.3, -0.25) is 39.0 Å². The SMILES string of the molecule is O=C1CCC(N2C(=O)c3cccc(OCC(=O)ON4C(=O)CCC4=O)c3C2=O)C(=O)N1. The monoisotopic (exact) mass is 429 g/mol. The molecule has 0 saturated carbocycles. The molecule has 1 N–H and O–H groups in total. The first kappa shape index (κ1) is 20.2. The van der Waals surface area contributed by atoms with Crippen LogP contribution in [0.25, 0.3) is 0 Å². The number of amides is 6. The molecule has 3 aliphatic rings. The Morgan fingerprint density at radius 1 is 1.00 bits per heavy atom. The first-order valence-electron chi connectivity index (χ1n) is 9.32. The second kappa shape index (κ2) is 7.63. The zero-order valence-electron chi connectivity index (χ0n) is 15.9. The van der Waals surface area contributed by atoms with Crippen molar-refractivity contribution in [3.05, 3.63) is 29.3 Å². The molecule has 3 heterocycles. The molecule has 1 aromatic carbocycles. The molecule has 0 bridgehead atoms. The van der Waals surface area contributed by atoms with Gasteiger partial charge in [-0.05, 0) is 18.6 Å². The van der Waals surface area contributed by atoms with Crippen molar-refractivity contribution in [2.75, 3.05) is 6.61 Å². The number of imide groups is 3. The minimum absolute atomic E-state index is 0.00343. The number of hydrogen-bond donors (Lipinski definition) is 1. The van der Waals surface area contributed by atoms with Gasteiger partial charge in [-0.15, -0.1) is 5.06 Å². The van der Waals surface area contributed by atoms with Crippen molar-refractivity contribution in [2.24, 2.45) is 0 Å². The highest BCUT2D eigenvalue weighted by atomic mass is 16.7. The van der Waals surface area contributed by atoms with Crippen molar-refractivity contribution in [1.29, 1.82) is 0 Å². The lowest BCUT2D eigenvalue weighted by molar-refractivity contribution is -0.198. The van der Waals surface area contributed by atoms with Crippen molar-refractivity contribution in [3.8, 4) is 5.75 Å². The molecule has 12 nitrogen and oxygen atoms in total. The predicted octanol–water partition coefficient (Wildman–Crippen LogP) is -0.926. The fourth-order valence-corrected chi connectivity index (χ4v) is 3.53. The molecule has 1 aromatic rings. The topological polar surface area (TPSA) is 156 Å². The van der Waals surface area contributed by atoms with Crippen LogP contribution in [0.1, 0.15) is 46.4 Å². The van der Waals surface area contributed by atoms with Gasteiger partial charge in [-0.1, -0.05) is 6.07 Å². The van der Waals surface area contributed by atoms with E-state index in [2.05, 4.69) is 10.2 Å². The van der Waals surface area contributed by atoms with E-state index < -0.39 is 54.1 Å². The second-order valence-electron chi connectivity index (χ2n) is 6.96. The van der Waals surface area contributed by atoms with Crippen molar-refractivity contribution in [1.82, 2.24) is 15.3 Å². The van der Waals surface area contributed by atoms with Crippen LogP contribution in [0.15, 0.2) is 18.2 Å². The van der Waals surface area contributed by atoms with Crippen LogP contribution in [-0.4, -0.2) is 64.0 Å². The Bertz CT molecular complexity index is 1050. The highest BCUT2D eigenvalue weighted by Gasteiger charge is 2.46. The minimum Gasteiger partial charge on any atom is -0.481 e. The summed E-state index contributed by atoms with van der Waals surface area (Å²) in [6.45, 7) is -0.743. The van der Waals surface area contributed by atoms with Crippen LogP contribution in [-0.2, 0) is 28.8 Å². The van der Waals surface area contributed by atoms with Gasteiger partial charge < -0.3 is 9.57 Å². The quantitative estimate of drug-likeness (QED) is 0.584. The Balaban J connectivity index is 1.49. The van der Waals surface area contributed by atoms with Gasteiger partial charge in [0.1, 0.15) is 11.8 Å². The van der Waals surface area contributed by atoms with E-state index in [0.29, 0.717) is 5.06 Å². The van der Waals surface area contributed by atoms with Gasteiger partial charge in [-0.2, -0.15) is 0 Å². The number of rotatable bonds is 5. The smallest absolute Gasteiger partial charge is 0.370 e. The highest BCUT2D eigenvalue weighted by molar-refractivity contribution is 6.24. The molecule has 0 spiro atoms. The number of hydrogen-bond acceptors (Lipinski definition) is 9.